The van der Waals surface area contributed by atoms with Crippen LogP contribution in [0.2, 0.25) is 0 Å². The van der Waals surface area contributed by atoms with Crippen molar-refractivity contribution in [2.75, 3.05) is 51.9 Å². The number of anilines is 1. The lowest BCUT2D eigenvalue weighted by molar-refractivity contribution is 0.168. The van der Waals surface area contributed by atoms with Gasteiger partial charge in [-0.15, -0.1) is 0 Å². The van der Waals surface area contributed by atoms with Crippen LogP contribution in [0, 0.1) is 5.92 Å². The number of likely N-dealkylation sites (tertiary alicyclic amines) is 1. The number of aromatic nitrogens is 2. The predicted molar refractivity (Wildman–Crippen MR) is 107 cm³/mol. The van der Waals surface area contributed by atoms with E-state index in [4.69, 9.17) is 14.2 Å². The molecule has 2 aromatic rings. The number of fused-ring (bicyclic) bond motifs is 1. The predicted octanol–water partition coefficient (Wildman–Crippen LogP) is 2.60. The number of methoxy groups -OCH3 is 1. The number of nitrogens with zero attached hydrogens (tertiary/aromatic N) is 4. The molecule has 0 amide bonds. The molecule has 0 bridgehead atoms. The van der Waals surface area contributed by atoms with Gasteiger partial charge in [-0.2, -0.15) is 0 Å². The van der Waals surface area contributed by atoms with E-state index in [1.54, 1.807) is 19.5 Å². The maximum atomic E-state index is 5.70. The first kappa shape index (κ1) is 18.8. The fraction of sp³-hybridized carbons (Fsp3) is 0.524. The molecule has 1 saturated heterocycles. The molecule has 0 N–H and O–H groups in total. The summed E-state index contributed by atoms with van der Waals surface area (Å²) in [7, 11) is 3.70. The van der Waals surface area contributed by atoms with Crippen molar-refractivity contribution in [1.82, 2.24) is 14.9 Å². The van der Waals surface area contributed by atoms with Crippen LogP contribution in [0.1, 0.15) is 18.4 Å². The molecule has 0 radical (unpaired) electrons. The third kappa shape index (κ3) is 4.30. The Bertz CT molecular complexity index is 793. The van der Waals surface area contributed by atoms with E-state index >= 15 is 0 Å². The second kappa shape index (κ2) is 8.65. The Morgan fingerprint density at radius 2 is 1.86 bits per heavy atom. The average molecular weight is 384 g/mol. The van der Waals surface area contributed by atoms with Crippen molar-refractivity contribution in [1.29, 1.82) is 0 Å². The molecule has 150 valence electrons. The first-order chi connectivity index (χ1) is 13.7. The van der Waals surface area contributed by atoms with Crippen molar-refractivity contribution in [3.8, 4) is 17.4 Å². The standard InChI is InChI=1S/C21H28N4O3/c1-24(20-21(26-2)23-8-7-22-20)14-16-5-9-25(10-6-16)15-17-3-4-18-19(13-17)28-12-11-27-18/h3-4,7-8,13,16H,5-6,9-12,14-15H2,1-2H3. The van der Waals surface area contributed by atoms with Crippen LogP contribution < -0.4 is 19.1 Å². The van der Waals surface area contributed by atoms with Crippen LogP contribution in [-0.4, -0.2) is 61.9 Å². The van der Waals surface area contributed by atoms with Crippen molar-refractivity contribution >= 4 is 5.82 Å². The Morgan fingerprint density at radius 1 is 1.11 bits per heavy atom. The fourth-order valence-electron chi connectivity index (χ4n) is 3.97. The molecule has 0 aliphatic carbocycles. The number of ether oxygens (including phenoxy) is 3. The Labute approximate surface area is 166 Å². The van der Waals surface area contributed by atoms with Crippen LogP contribution in [0.5, 0.6) is 17.4 Å². The lowest BCUT2D eigenvalue weighted by Gasteiger charge is -2.34. The summed E-state index contributed by atoms with van der Waals surface area (Å²) < 4.78 is 16.7. The first-order valence-electron chi connectivity index (χ1n) is 9.90. The van der Waals surface area contributed by atoms with Crippen molar-refractivity contribution < 1.29 is 14.2 Å². The molecule has 7 heteroatoms. The Balaban J connectivity index is 1.29. The SMILES string of the molecule is COc1nccnc1N(C)CC1CCN(Cc2ccc3c(c2)OCCO3)CC1. The quantitative estimate of drug-likeness (QED) is 0.759. The largest absolute Gasteiger partial charge is 0.486 e. The van der Waals surface area contributed by atoms with Crippen LogP contribution >= 0.6 is 0 Å². The number of hydrogen-bond donors (Lipinski definition) is 0. The molecular formula is C21H28N4O3. The van der Waals surface area contributed by atoms with Gasteiger partial charge in [0.2, 0.25) is 0 Å². The zero-order chi connectivity index (χ0) is 19.3. The maximum absolute atomic E-state index is 5.70. The minimum atomic E-state index is 0.584. The maximum Gasteiger partial charge on any atom is 0.257 e. The van der Waals surface area contributed by atoms with Gasteiger partial charge >= 0.3 is 0 Å². The molecule has 0 atom stereocenters. The molecule has 1 aromatic heterocycles. The van der Waals surface area contributed by atoms with Crippen LogP contribution in [0.3, 0.4) is 0 Å². The number of rotatable bonds is 6. The van der Waals surface area contributed by atoms with Gasteiger partial charge in [0.1, 0.15) is 13.2 Å². The van der Waals surface area contributed by atoms with Gasteiger partial charge in [0, 0.05) is 32.5 Å². The summed E-state index contributed by atoms with van der Waals surface area (Å²) >= 11 is 0. The second-order valence-corrected chi connectivity index (χ2v) is 7.47. The van der Waals surface area contributed by atoms with Crippen LogP contribution in [-0.2, 0) is 6.54 Å². The van der Waals surface area contributed by atoms with Crippen molar-refractivity contribution in [3.05, 3.63) is 36.2 Å². The van der Waals surface area contributed by atoms with Gasteiger partial charge in [-0.05, 0) is 49.5 Å². The lowest BCUT2D eigenvalue weighted by Crippen LogP contribution is -2.37. The molecule has 2 aliphatic heterocycles. The van der Waals surface area contributed by atoms with Gasteiger partial charge in [-0.1, -0.05) is 6.07 Å². The Kier molecular flexibility index (Phi) is 5.81. The van der Waals surface area contributed by atoms with Gasteiger partial charge in [0.05, 0.1) is 7.11 Å². The summed E-state index contributed by atoms with van der Waals surface area (Å²) in [6, 6.07) is 6.29. The lowest BCUT2D eigenvalue weighted by atomic mass is 9.96. The van der Waals surface area contributed by atoms with Gasteiger partial charge in [0.15, 0.2) is 17.3 Å². The molecule has 0 unspecified atom stereocenters. The summed E-state index contributed by atoms with van der Waals surface area (Å²) in [5, 5.41) is 0. The molecule has 1 aromatic carbocycles. The molecule has 3 heterocycles. The molecule has 0 spiro atoms. The van der Waals surface area contributed by atoms with E-state index in [9.17, 15) is 0 Å². The van der Waals surface area contributed by atoms with Gasteiger partial charge in [-0.25, -0.2) is 9.97 Å². The van der Waals surface area contributed by atoms with E-state index < -0.39 is 0 Å². The van der Waals surface area contributed by atoms with E-state index in [1.807, 2.05) is 6.07 Å². The van der Waals surface area contributed by atoms with Gasteiger partial charge in [-0.3, -0.25) is 4.90 Å². The van der Waals surface area contributed by atoms with Gasteiger partial charge in [0.25, 0.3) is 5.88 Å². The van der Waals surface area contributed by atoms with Crippen molar-refractivity contribution in [2.24, 2.45) is 5.92 Å². The topological polar surface area (TPSA) is 60.0 Å². The number of piperidine rings is 1. The second-order valence-electron chi connectivity index (χ2n) is 7.47. The molecule has 2 aliphatic rings. The Morgan fingerprint density at radius 3 is 2.64 bits per heavy atom. The highest BCUT2D eigenvalue weighted by atomic mass is 16.6. The van der Waals surface area contributed by atoms with E-state index in [1.165, 1.54) is 18.4 Å². The molecule has 4 rings (SSSR count). The normalized spacial score (nSPS) is 17.4. The summed E-state index contributed by atoms with van der Waals surface area (Å²) in [6.45, 7) is 5.39. The van der Waals surface area contributed by atoms with E-state index in [-0.39, 0.29) is 0 Å². The molecule has 1 fully saturated rings. The molecule has 28 heavy (non-hydrogen) atoms. The summed E-state index contributed by atoms with van der Waals surface area (Å²) in [5.41, 5.74) is 1.28. The monoisotopic (exact) mass is 384 g/mol. The fourth-order valence-corrected chi connectivity index (χ4v) is 3.97. The summed E-state index contributed by atoms with van der Waals surface area (Å²) in [6.07, 6.45) is 5.73. The summed E-state index contributed by atoms with van der Waals surface area (Å²) in [4.78, 5) is 13.4. The molecule has 7 nitrogen and oxygen atoms in total. The summed E-state index contributed by atoms with van der Waals surface area (Å²) in [5.74, 6) is 3.77. The highest BCUT2D eigenvalue weighted by Gasteiger charge is 2.23. The highest BCUT2D eigenvalue weighted by Crippen LogP contribution is 2.32. The van der Waals surface area contributed by atoms with Crippen LogP contribution in [0.15, 0.2) is 30.6 Å². The van der Waals surface area contributed by atoms with E-state index in [0.717, 1.165) is 43.5 Å². The van der Waals surface area contributed by atoms with Gasteiger partial charge < -0.3 is 19.1 Å². The zero-order valence-electron chi connectivity index (χ0n) is 16.6. The minimum absolute atomic E-state index is 0.584. The smallest absolute Gasteiger partial charge is 0.257 e. The average Bonchev–Trinajstić information content (AvgIpc) is 2.75. The first-order valence-corrected chi connectivity index (χ1v) is 9.90. The van der Waals surface area contributed by atoms with Crippen molar-refractivity contribution in [3.63, 3.8) is 0 Å². The molecule has 0 saturated carbocycles. The van der Waals surface area contributed by atoms with Crippen LogP contribution in [0.4, 0.5) is 5.82 Å². The number of benzene rings is 1. The molecular weight excluding hydrogens is 356 g/mol. The highest BCUT2D eigenvalue weighted by molar-refractivity contribution is 5.47. The van der Waals surface area contributed by atoms with Crippen molar-refractivity contribution in [2.45, 2.75) is 19.4 Å². The third-order valence-corrected chi connectivity index (χ3v) is 5.45. The number of hydrogen-bond acceptors (Lipinski definition) is 7. The minimum Gasteiger partial charge on any atom is -0.486 e. The van der Waals surface area contributed by atoms with E-state index in [0.29, 0.717) is 25.0 Å². The third-order valence-electron chi connectivity index (χ3n) is 5.45. The Hall–Kier alpha value is -2.54. The van der Waals surface area contributed by atoms with Crippen LogP contribution in [0.25, 0.3) is 0 Å². The zero-order valence-corrected chi connectivity index (χ0v) is 16.6. The van der Waals surface area contributed by atoms with E-state index in [2.05, 4.69) is 38.9 Å².